The van der Waals surface area contributed by atoms with Gasteiger partial charge in [-0.25, -0.2) is 4.79 Å². The number of ether oxygens (including phenoxy) is 1. The summed E-state index contributed by atoms with van der Waals surface area (Å²) in [6.07, 6.45) is 2.86. The Kier molecular flexibility index (Phi) is 3.85. The van der Waals surface area contributed by atoms with Crippen molar-refractivity contribution in [2.24, 2.45) is 16.7 Å². The van der Waals surface area contributed by atoms with Gasteiger partial charge in [0, 0.05) is 11.1 Å². The molecule has 0 saturated heterocycles. The van der Waals surface area contributed by atoms with Crippen molar-refractivity contribution in [3.05, 3.63) is 28.2 Å². The van der Waals surface area contributed by atoms with Crippen LogP contribution in [0.25, 0.3) is 0 Å². The molecule has 5 heteroatoms. The highest BCUT2D eigenvalue weighted by Crippen LogP contribution is 2.66. The molecule has 1 amide bonds. The molecule has 120 valence electrons. The monoisotopic (exact) mass is 341 g/mol. The molecule has 22 heavy (non-hydrogen) atoms. The summed E-state index contributed by atoms with van der Waals surface area (Å²) < 4.78 is 5.73. The van der Waals surface area contributed by atoms with Crippen LogP contribution in [0.3, 0.4) is 0 Å². The van der Waals surface area contributed by atoms with E-state index in [4.69, 9.17) is 27.9 Å². The van der Waals surface area contributed by atoms with Gasteiger partial charge in [0.15, 0.2) is 0 Å². The summed E-state index contributed by atoms with van der Waals surface area (Å²) in [5.74, 6) is 0.639. The Labute approximate surface area is 141 Å². The highest BCUT2D eigenvalue weighted by Gasteiger charge is 2.62. The number of rotatable bonds is 2. The van der Waals surface area contributed by atoms with E-state index in [-0.39, 0.29) is 16.9 Å². The van der Waals surface area contributed by atoms with E-state index in [0.29, 0.717) is 21.7 Å². The third-order valence-electron chi connectivity index (χ3n) is 6.13. The molecule has 3 atom stereocenters. The first-order chi connectivity index (χ1) is 10.2. The summed E-state index contributed by atoms with van der Waals surface area (Å²) in [4.78, 5) is 12.2. The van der Waals surface area contributed by atoms with Gasteiger partial charge in [-0.2, -0.15) is 0 Å². The van der Waals surface area contributed by atoms with E-state index < -0.39 is 6.09 Å². The molecule has 2 aliphatic carbocycles. The number of benzene rings is 1. The number of anilines is 1. The molecular weight excluding hydrogens is 321 g/mol. The Balaban J connectivity index is 1.67. The molecule has 0 heterocycles. The van der Waals surface area contributed by atoms with Crippen LogP contribution in [0, 0.1) is 16.7 Å². The minimum absolute atomic E-state index is 0.0241. The quantitative estimate of drug-likeness (QED) is 0.742. The first kappa shape index (κ1) is 15.9. The molecule has 0 aliphatic heterocycles. The van der Waals surface area contributed by atoms with Crippen LogP contribution in [0.4, 0.5) is 10.5 Å². The molecule has 1 aromatic rings. The number of halogens is 2. The van der Waals surface area contributed by atoms with Crippen molar-refractivity contribution in [3.63, 3.8) is 0 Å². The lowest BCUT2D eigenvalue weighted by Gasteiger charge is -2.38. The summed E-state index contributed by atoms with van der Waals surface area (Å²) in [7, 11) is 0. The molecule has 0 unspecified atom stereocenters. The molecule has 1 N–H and O–H groups in total. The van der Waals surface area contributed by atoms with Gasteiger partial charge in [0.1, 0.15) is 6.10 Å². The maximum atomic E-state index is 12.2. The number of amides is 1. The van der Waals surface area contributed by atoms with Crippen LogP contribution >= 0.6 is 23.2 Å². The third-order valence-corrected chi connectivity index (χ3v) is 6.87. The van der Waals surface area contributed by atoms with E-state index in [1.807, 2.05) is 0 Å². The Morgan fingerprint density at radius 2 is 2.00 bits per heavy atom. The molecule has 0 radical (unpaired) electrons. The molecule has 2 saturated carbocycles. The molecule has 0 spiro atoms. The normalized spacial score (nSPS) is 32.0. The van der Waals surface area contributed by atoms with Crippen LogP contribution in [-0.2, 0) is 4.74 Å². The van der Waals surface area contributed by atoms with Crippen molar-refractivity contribution < 1.29 is 9.53 Å². The maximum Gasteiger partial charge on any atom is 0.411 e. The van der Waals surface area contributed by atoms with E-state index >= 15 is 0 Å². The molecule has 0 aromatic heterocycles. The molecule has 3 rings (SSSR count). The van der Waals surface area contributed by atoms with Gasteiger partial charge in [0.25, 0.3) is 0 Å². The summed E-state index contributed by atoms with van der Waals surface area (Å²) in [5.41, 5.74) is 0.876. The summed E-state index contributed by atoms with van der Waals surface area (Å²) in [5, 5.41) is 3.61. The highest BCUT2D eigenvalue weighted by molar-refractivity contribution is 6.42. The van der Waals surface area contributed by atoms with Gasteiger partial charge >= 0.3 is 6.09 Å². The Morgan fingerprint density at radius 1 is 1.27 bits per heavy atom. The van der Waals surface area contributed by atoms with Crippen LogP contribution in [0.5, 0.6) is 0 Å². The van der Waals surface area contributed by atoms with Crippen molar-refractivity contribution in [2.45, 2.75) is 46.1 Å². The Bertz CT molecular complexity index is 617. The summed E-state index contributed by atoms with van der Waals surface area (Å²) in [6.45, 7) is 6.84. The SMILES string of the molecule is CC1(C)[C@H]2CC[C@@]1(C)[C@@H](OC(=O)Nc1ccc(Cl)c(Cl)c1)C2. The van der Waals surface area contributed by atoms with Crippen molar-refractivity contribution in [3.8, 4) is 0 Å². The average molecular weight is 342 g/mol. The lowest BCUT2D eigenvalue weighted by molar-refractivity contribution is 0.00148. The zero-order valence-corrected chi connectivity index (χ0v) is 14.6. The van der Waals surface area contributed by atoms with E-state index in [1.54, 1.807) is 18.2 Å². The maximum absolute atomic E-state index is 12.2. The van der Waals surface area contributed by atoms with Gasteiger partial charge in [0.05, 0.1) is 10.0 Å². The van der Waals surface area contributed by atoms with Crippen molar-refractivity contribution >= 4 is 35.0 Å². The van der Waals surface area contributed by atoms with E-state index in [0.717, 1.165) is 12.8 Å². The van der Waals surface area contributed by atoms with E-state index in [1.165, 1.54) is 6.42 Å². The first-order valence-corrected chi connectivity index (χ1v) is 8.42. The number of fused-ring (bicyclic) bond motifs is 2. The van der Waals surface area contributed by atoms with Gasteiger partial charge in [0.2, 0.25) is 0 Å². The summed E-state index contributed by atoms with van der Waals surface area (Å²) in [6, 6.07) is 4.99. The number of nitrogens with one attached hydrogen (secondary N) is 1. The van der Waals surface area contributed by atoms with Crippen molar-refractivity contribution in [1.29, 1.82) is 0 Å². The Morgan fingerprint density at radius 3 is 2.55 bits per heavy atom. The number of carbonyl (C=O) groups is 1. The van der Waals surface area contributed by atoms with Crippen LogP contribution in [0.2, 0.25) is 10.0 Å². The predicted octanol–water partition coefficient (Wildman–Crippen LogP) is 5.76. The lowest BCUT2D eigenvalue weighted by atomic mass is 9.70. The van der Waals surface area contributed by atoms with Crippen LogP contribution in [0.15, 0.2) is 18.2 Å². The fourth-order valence-electron chi connectivity index (χ4n) is 4.16. The highest BCUT2D eigenvalue weighted by atomic mass is 35.5. The van der Waals surface area contributed by atoms with E-state index in [9.17, 15) is 4.79 Å². The number of carbonyl (C=O) groups excluding carboxylic acids is 1. The van der Waals surface area contributed by atoms with E-state index in [2.05, 4.69) is 26.1 Å². The smallest absolute Gasteiger partial charge is 0.411 e. The van der Waals surface area contributed by atoms with Crippen molar-refractivity contribution in [2.75, 3.05) is 5.32 Å². The van der Waals surface area contributed by atoms with Gasteiger partial charge in [-0.15, -0.1) is 0 Å². The minimum atomic E-state index is -0.423. The van der Waals surface area contributed by atoms with Gasteiger partial charge in [-0.1, -0.05) is 44.0 Å². The molecule has 2 fully saturated rings. The molecule has 1 aromatic carbocycles. The van der Waals surface area contributed by atoms with Gasteiger partial charge in [-0.3, -0.25) is 5.32 Å². The van der Waals surface area contributed by atoms with Crippen molar-refractivity contribution in [1.82, 2.24) is 0 Å². The van der Waals surface area contributed by atoms with Crippen LogP contribution < -0.4 is 5.32 Å². The zero-order chi connectivity index (χ0) is 16.1. The minimum Gasteiger partial charge on any atom is -0.445 e. The van der Waals surface area contributed by atoms with Crippen LogP contribution in [-0.4, -0.2) is 12.2 Å². The predicted molar refractivity (Wildman–Crippen MR) is 89.6 cm³/mol. The molecule has 3 nitrogen and oxygen atoms in total. The molecular formula is C17H21Cl2NO2. The number of hydrogen-bond donors (Lipinski definition) is 1. The largest absolute Gasteiger partial charge is 0.445 e. The zero-order valence-electron chi connectivity index (χ0n) is 13.1. The second kappa shape index (κ2) is 5.31. The topological polar surface area (TPSA) is 38.3 Å². The second-order valence-electron chi connectivity index (χ2n) is 7.26. The average Bonchev–Trinajstić information content (AvgIpc) is 2.76. The summed E-state index contributed by atoms with van der Waals surface area (Å²) >= 11 is 11.8. The van der Waals surface area contributed by atoms with Crippen LogP contribution in [0.1, 0.15) is 40.0 Å². The lowest BCUT2D eigenvalue weighted by Crippen LogP contribution is -2.39. The molecule has 2 aliphatic rings. The fraction of sp³-hybridized carbons (Fsp3) is 0.588. The first-order valence-electron chi connectivity index (χ1n) is 7.67. The van der Waals surface area contributed by atoms with Gasteiger partial charge in [-0.05, 0) is 48.8 Å². The fourth-order valence-corrected chi connectivity index (χ4v) is 4.46. The standard InChI is InChI=1S/C17H21Cl2NO2/c1-16(2)10-6-7-17(16,3)14(8-10)22-15(21)20-11-4-5-12(18)13(19)9-11/h4-5,9-10,14H,6-8H2,1-3H3,(H,20,21)/t10-,14-,17-/m0/s1. The van der Waals surface area contributed by atoms with Gasteiger partial charge < -0.3 is 4.74 Å². The Hall–Kier alpha value is -0.930. The second-order valence-corrected chi connectivity index (χ2v) is 8.07. The third kappa shape index (κ3) is 2.39. The molecule has 2 bridgehead atoms. The number of hydrogen-bond acceptors (Lipinski definition) is 2.